The molecule has 0 bridgehead atoms. The van der Waals surface area contributed by atoms with Crippen LogP contribution in [0.25, 0.3) is 0 Å². The molecule has 0 unspecified atom stereocenters. The Morgan fingerprint density at radius 1 is 1.47 bits per heavy atom. The van der Waals surface area contributed by atoms with Crippen LogP contribution in [0.4, 0.5) is 4.39 Å². The van der Waals surface area contributed by atoms with Crippen molar-refractivity contribution in [2.24, 2.45) is 0 Å². The van der Waals surface area contributed by atoms with E-state index in [9.17, 15) is 9.18 Å². The van der Waals surface area contributed by atoms with Gasteiger partial charge in [0.25, 0.3) is 5.91 Å². The van der Waals surface area contributed by atoms with Gasteiger partial charge in [0.2, 0.25) is 0 Å². The van der Waals surface area contributed by atoms with Crippen LogP contribution in [0.5, 0.6) is 0 Å². The van der Waals surface area contributed by atoms with E-state index in [1.54, 1.807) is 16.9 Å². The minimum absolute atomic E-state index is 0.0495. The summed E-state index contributed by atoms with van der Waals surface area (Å²) in [5.74, 6) is -0.924. The molecule has 19 heavy (non-hydrogen) atoms. The molecule has 0 aliphatic carbocycles. The van der Waals surface area contributed by atoms with Crippen molar-refractivity contribution in [3.05, 3.63) is 52.5 Å². The Balaban J connectivity index is 1.82. The molecular weight excluding hydrogens is 313 g/mol. The van der Waals surface area contributed by atoms with Gasteiger partial charge in [-0.15, -0.1) is 0 Å². The van der Waals surface area contributed by atoms with Crippen LogP contribution in [0, 0.1) is 5.82 Å². The van der Waals surface area contributed by atoms with Gasteiger partial charge in [0, 0.05) is 30.0 Å². The fourth-order valence-corrected chi connectivity index (χ4v) is 2.00. The van der Waals surface area contributed by atoms with Gasteiger partial charge in [-0.2, -0.15) is 5.10 Å². The first kappa shape index (κ1) is 13.7. The van der Waals surface area contributed by atoms with Gasteiger partial charge >= 0.3 is 0 Å². The summed E-state index contributed by atoms with van der Waals surface area (Å²) in [4.78, 5) is 11.8. The van der Waals surface area contributed by atoms with Crippen LogP contribution in [0.15, 0.2) is 41.1 Å². The highest BCUT2D eigenvalue weighted by Crippen LogP contribution is 2.15. The summed E-state index contributed by atoms with van der Waals surface area (Å²) in [5, 5.41) is 6.74. The first-order chi connectivity index (χ1) is 9.16. The lowest BCUT2D eigenvalue weighted by molar-refractivity contribution is 0.0948. The first-order valence-corrected chi connectivity index (χ1v) is 6.67. The predicted octanol–water partition coefficient (Wildman–Crippen LogP) is 2.60. The zero-order valence-corrected chi connectivity index (χ0v) is 11.7. The molecule has 2 rings (SSSR count). The van der Waals surface area contributed by atoms with Crippen LogP contribution in [0.2, 0.25) is 0 Å². The Kier molecular flexibility index (Phi) is 4.68. The Morgan fingerprint density at radius 2 is 2.32 bits per heavy atom. The van der Waals surface area contributed by atoms with Gasteiger partial charge in [-0.25, -0.2) is 4.39 Å². The number of benzene rings is 1. The van der Waals surface area contributed by atoms with E-state index >= 15 is 0 Å². The van der Waals surface area contributed by atoms with Crippen molar-refractivity contribution in [1.82, 2.24) is 15.1 Å². The summed E-state index contributed by atoms with van der Waals surface area (Å²) in [6.45, 7) is 1.19. The van der Waals surface area contributed by atoms with E-state index in [1.165, 1.54) is 12.1 Å². The van der Waals surface area contributed by atoms with Crippen molar-refractivity contribution in [2.45, 2.75) is 13.0 Å². The van der Waals surface area contributed by atoms with Crippen molar-refractivity contribution in [3.8, 4) is 0 Å². The number of amides is 1. The van der Waals surface area contributed by atoms with Crippen molar-refractivity contribution in [2.75, 3.05) is 6.54 Å². The molecule has 0 radical (unpaired) electrons. The van der Waals surface area contributed by atoms with Crippen LogP contribution < -0.4 is 5.32 Å². The number of rotatable bonds is 5. The Bertz CT molecular complexity index is 557. The average Bonchev–Trinajstić information content (AvgIpc) is 2.90. The van der Waals surface area contributed by atoms with E-state index in [0.717, 1.165) is 6.42 Å². The number of carbonyl (C=O) groups is 1. The third kappa shape index (κ3) is 3.89. The molecule has 1 aromatic heterocycles. The monoisotopic (exact) mass is 325 g/mol. The highest BCUT2D eigenvalue weighted by atomic mass is 79.9. The SMILES string of the molecule is O=C(NCCCn1cccn1)c1cc(Br)ccc1F. The predicted molar refractivity (Wildman–Crippen MR) is 73.3 cm³/mol. The van der Waals surface area contributed by atoms with Gasteiger partial charge in [-0.05, 0) is 30.7 Å². The minimum atomic E-state index is -0.521. The van der Waals surface area contributed by atoms with Crippen molar-refractivity contribution in [1.29, 1.82) is 0 Å². The maximum Gasteiger partial charge on any atom is 0.254 e. The van der Waals surface area contributed by atoms with Crippen LogP contribution >= 0.6 is 15.9 Å². The molecule has 0 saturated heterocycles. The number of carbonyl (C=O) groups excluding carboxylic acids is 1. The molecule has 0 fully saturated rings. The van der Waals surface area contributed by atoms with Gasteiger partial charge in [0.05, 0.1) is 5.56 Å². The van der Waals surface area contributed by atoms with Gasteiger partial charge in [-0.1, -0.05) is 15.9 Å². The molecule has 1 aromatic carbocycles. The fourth-order valence-electron chi connectivity index (χ4n) is 1.64. The third-order valence-electron chi connectivity index (χ3n) is 2.58. The number of aryl methyl sites for hydroxylation is 1. The molecule has 2 aromatic rings. The van der Waals surface area contributed by atoms with E-state index in [0.29, 0.717) is 17.6 Å². The lowest BCUT2D eigenvalue weighted by atomic mass is 10.2. The maximum absolute atomic E-state index is 13.5. The fraction of sp³-hybridized carbons (Fsp3) is 0.231. The number of hydrogen-bond acceptors (Lipinski definition) is 2. The summed E-state index contributed by atoms with van der Waals surface area (Å²) in [5.41, 5.74) is 0.0495. The van der Waals surface area contributed by atoms with Crippen LogP contribution in [-0.4, -0.2) is 22.2 Å². The minimum Gasteiger partial charge on any atom is -0.352 e. The normalized spacial score (nSPS) is 10.4. The van der Waals surface area contributed by atoms with E-state index in [1.807, 2.05) is 12.3 Å². The van der Waals surface area contributed by atoms with Crippen LogP contribution in [0.1, 0.15) is 16.8 Å². The number of aromatic nitrogens is 2. The molecule has 0 spiro atoms. The Hall–Kier alpha value is -1.69. The van der Waals surface area contributed by atoms with E-state index < -0.39 is 11.7 Å². The van der Waals surface area contributed by atoms with Crippen LogP contribution in [0.3, 0.4) is 0 Å². The summed E-state index contributed by atoms with van der Waals surface area (Å²) in [6, 6.07) is 6.14. The highest BCUT2D eigenvalue weighted by Gasteiger charge is 2.11. The largest absolute Gasteiger partial charge is 0.352 e. The number of nitrogens with one attached hydrogen (secondary N) is 1. The Labute approximate surface area is 118 Å². The summed E-state index contributed by atoms with van der Waals surface area (Å²) in [6.07, 6.45) is 4.30. The molecule has 1 heterocycles. The molecule has 1 N–H and O–H groups in total. The summed E-state index contributed by atoms with van der Waals surface area (Å²) in [7, 11) is 0. The van der Waals surface area contributed by atoms with Gasteiger partial charge in [-0.3, -0.25) is 9.48 Å². The molecule has 1 amide bonds. The second-order valence-corrected chi connectivity index (χ2v) is 4.92. The van der Waals surface area contributed by atoms with Crippen molar-refractivity contribution in [3.63, 3.8) is 0 Å². The van der Waals surface area contributed by atoms with Crippen LogP contribution in [-0.2, 0) is 6.54 Å². The lowest BCUT2D eigenvalue weighted by Crippen LogP contribution is -2.26. The Morgan fingerprint density at radius 3 is 3.05 bits per heavy atom. The molecule has 6 heteroatoms. The second kappa shape index (κ2) is 6.47. The average molecular weight is 326 g/mol. The topological polar surface area (TPSA) is 46.9 Å². The lowest BCUT2D eigenvalue weighted by Gasteiger charge is -2.06. The van der Waals surface area contributed by atoms with E-state index in [4.69, 9.17) is 0 Å². The number of nitrogens with zero attached hydrogens (tertiary/aromatic N) is 2. The second-order valence-electron chi connectivity index (χ2n) is 4.00. The number of hydrogen-bond donors (Lipinski definition) is 1. The molecular formula is C13H13BrFN3O. The van der Waals surface area contributed by atoms with E-state index in [2.05, 4.69) is 26.3 Å². The van der Waals surface area contributed by atoms with Crippen molar-refractivity contribution < 1.29 is 9.18 Å². The molecule has 0 aliphatic rings. The summed E-state index contributed by atoms with van der Waals surface area (Å²) < 4.78 is 15.9. The molecule has 4 nitrogen and oxygen atoms in total. The van der Waals surface area contributed by atoms with Crippen molar-refractivity contribution >= 4 is 21.8 Å². The maximum atomic E-state index is 13.5. The number of halogens is 2. The third-order valence-corrected chi connectivity index (χ3v) is 3.08. The van der Waals surface area contributed by atoms with E-state index in [-0.39, 0.29) is 5.56 Å². The molecule has 0 atom stereocenters. The smallest absolute Gasteiger partial charge is 0.254 e. The standard InChI is InChI=1S/C13H13BrFN3O/c14-10-3-4-12(15)11(9-10)13(19)16-5-1-7-18-8-2-6-17-18/h2-4,6,8-9H,1,5,7H2,(H,16,19). The molecule has 100 valence electrons. The zero-order valence-electron chi connectivity index (χ0n) is 10.1. The quantitative estimate of drug-likeness (QED) is 0.859. The first-order valence-electron chi connectivity index (χ1n) is 5.87. The zero-order chi connectivity index (χ0) is 13.7. The van der Waals surface area contributed by atoms with Gasteiger partial charge < -0.3 is 5.32 Å². The molecule has 0 saturated carbocycles. The van der Waals surface area contributed by atoms with Gasteiger partial charge in [0.1, 0.15) is 5.82 Å². The molecule has 0 aliphatic heterocycles. The van der Waals surface area contributed by atoms with Gasteiger partial charge in [0.15, 0.2) is 0 Å². The summed E-state index contributed by atoms with van der Waals surface area (Å²) >= 11 is 3.21. The highest BCUT2D eigenvalue weighted by molar-refractivity contribution is 9.10.